The number of benzene rings is 1. The Morgan fingerprint density at radius 2 is 1.79 bits per heavy atom. The van der Waals surface area contributed by atoms with Crippen LogP contribution in [0.15, 0.2) is 30.3 Å². The normalized spacial score (nSPS) is 28.4. The van der Waals surface area contributed by atoms with Crippen LogP contribution in [0.1, 0.15) is 12.0 Å². The molecule has 1 atom stereocenters. The summed E-state index contributed by atoms with van der Waals surface area (Å²) in [5.74, 6) is -0.964. The van der Waals surface area contributed by atoms with E-state index in [1.54, 1.807) is 24.3 Å². The van der Waals surface area contributed by atoms with E-state index in [0.29, 0.717) is 5.56 Å². The molecule has 0 aliphatic heterocycles. The lowest BCUT2D eigenvalue weighted by Gasteiger charge is -2.12. The molecule has 0 saturated heterocycles. The van der Waals surface area contributed by atoms with Gasteiger partial charge in [-0.1, -0.05) is 53.5 Å². The van der Waals surface area contributed by atoms with E-state index in [4.69, 9.17) is 28.3 Å². The summed E-state index contributed by atoms with van der Waals surface area (Å²) < 4.78 is -1.17. The lowest BCUT2D eigenvalue weighted by Crippen LogP contribution is -2.25. The molecule has 0 heterocycles. The molecule has 1 aliphatic carbocycles. The van der Waals surface area contributed by atoms with E-state index in [1.807, 2.05) is 6.07 Å². The average molecular weight is 231 g/mol. The van der Waals surface area contributed by atoms with Gasteiger partial charge in [0.2, 0.25) is 0 Å². The van der Waals surface area contributed by atoms with Crippen LogP contribution in [-0.4, -0.2) is 15.4 Å². The minimum absolute atomic E-state index is 0.266. The second-order valence-electron chi connectivity index (χ2n) is 3.46. The number of carboxylic acids is 1. The first-order valence-electron chi connectivity index (χ1n) is 4.17. The molecule has 0 radical (unpaired) electrons. The minimum Gasteiger partial charge on any atom is -0.480 e. The number of alkyl halides is 2. The van der Waals surface area contributed by atoms with Gasteiger partial charge in [0.25, 0.3) is 0 Å². The highest BCUT2D eigenvalue weighted by Gasteiger charge is 2.72. The van der Waals surface area contributed by atoms with Gasteiger partial charge in [0.1, 0.15) is 9.75 Å². The number of rotatable bonds is 2. The van der Waals surface area contributed by atoms with E-state index in [1.165, 1.54) is 0 Å². The zero-order valence-electron chi connectivity index (χ0n) is 7.21. The highest BCUT2D eigenvalue weighted by Crippen LogP contribution is 2.64. The first-order valence-corrected chi connectivity index (χ1v) is 4.93. The maximum atomic E-state index is 11.1. The molecule has 2 rings (SSSR count). The standard InChI is InChI=1S/C10H8Cl2O2/c11-10(12)6-9(10,8(13)14)7-4-2-1-3-5-7/h1-5H,6H2,(H,13,14)/t9-/m0/s1. The molecule has 0 unspecified atom stereocenters. The average Bonchev–Trinajstić information content (AvgIpc) is 2.72. The van der Waals surface area contributed by atoms with Crippen molar-refractivity contribution in [2.75, 3.05) is 0 Å². The number of aliphatic carboxylic acids is 1. The molecule has 0 amide bonds. The highest BCUT2D eigenvalue weighted by atomic mass is 35.5. The Hall–Kier alpha value is -0.730. The third-order valence-corrected chi connectivity index (χ3v) is 3.53. The first-order chi connectivity index (χ1) is 6.51. The third kappa shape index (κ3) is 1.14. The van der Waals surface area contributed by atoms with Crippen LogP contribution in [0.3, 0.4) is 0 Å². The summed E-state index contributed by atoms with van der Waals surface area (Å²) in [5, 5.41) is 9.12. The summed E-state index contributed by atoms with van der Waals surface area (Å²) in [7, 11) is 0. The van der Waals surface area contributed by atoms with Crippen LogP contribution in [0.2, 0.25) is 0 Å². The molecule has 1 aromatic rings. The fourth-order valence-corrected chi connectivity index (χ4v) is 2.46. The zero-order chi connectivity index (χ0) is 10.4. The number of carboxylic acid groups (broad SMARTS) is 1. The van der Waals surface area contributed by atoms with Gasteiger partial charge in [0, 0.05) is 6.42 Å². The van der Waals surface area contributed by atoms with Crippen molar-refractivity contribution in [1.82, 2.24) is 0 Å². The molecule has 0 bridgehead atoms. The quantitative estimate of drug-likeness (QED) is 0.794. The lowest BCUT2D eigenvalue weighted by molar-refractivity contribution is -0.140. The monoisotopic (exact) mass is 230 g/mol. The second kappa shape index (κ2) is 2.88. The number of hydrogen-bond acceptors (Lipinski definition) is 1. The van der Waals surface area contributed by atoms with E-state index < -0.39 is 15.7 Å². The third-order valence-electron chi connectivity index (χ3n) is 2.62. The van der Waals surface area contributed by atoms with Gasteiger partial charge >= 0.3 is 5.97 Å². The van der Waals surface area contributed by atoms with Crippen LogP contribution in [0, 0.1) is 0 Å². The Morgan fingerprint density at radius 1 is 1.29 bits per heavy atom. The van der Waals surface area contributed by atoms with Crippen molar-refractivity contribution in [1.29, 1.82) is 0 Å². The maximum Gasteiger partial charge on any atom is 0.317 e. The zero-order valence-corrected chi connectivity index (χ0v) is 8.72. The molecule has 1 saturated carbocycles. The van der Waals surface area contributed by atoms with Gasteiger partial charge in [-0.2, -0.15) is 0 Å². The van der Waals surface area contributed by atoms with Gasteiger partial charge in [-0.3, -0.25) is 4.79 Å². The van der Waals surface area contributed by atoms with Crippen molar-refractivity contribution in [3.05, 3.63) is 35.9 Å². The van der Waals surface area contributed by atoms with Gasteiger partial charge in [-0.15, -0.1) is 0 Å². The molecule has 4 heteroatoms. The fourth-order valence-electron chi connectivity index (χ4n) is 1.68. The summed E-state index contributed by atoms with van der Waals surface area (Å²) in [6.45, 7) is 0. The predicted molar refractivity (Wildman–Crippen MR) is 54.8 cm³/mol. The molecule has 1 aliphatic rings. The fraction of sp³-hybridized carbons (Fsp3) is 0.300. The largest absolute Gasteiger partial charge is 0.480 e. The summed E-state index contributed by atoms with van der Waals surface area (Å²) in [4.78, 5) is 11.1. The molecule has 1 N–H and O–H groups in total. The van der Waals surface area contributed by atoms with Crippen LogP contribution in [0.5, 0.6) is 0 Å². The van der Waals surface area contributed by atoms with Gasteiger partial charge in [0.05, 0.1) is 0 Å². The summed E-state index contributed by atoms with van der Waals surface area (Å²) in [6.07, 6.45) is 0.266. The van der Waals surface area contributed by atoms with Crippen LogP contribution >= 0.6 is 23.2 Å². The summed E-state index contributed by atoms with van der Waals surface area (Å²) in [5.41, 5.74) is -0.449. The number of halogens is 2. The number of carbonyl (C=O) groups is 1. The second-order valence-corrected chi connectivity index (χ2v) is 4.94. The molecule has 74 valence electrons. The topological polar surface area (TPSA) is 37.3 Å². The molecule has 1 aromatic carbocycles. The van der Waals surface area contributed by atoms with Gasteiger partial charge in [0.15, 0.2) is 0 Å². The van der Waals surface area contributed by atoms with Crippen molar-refractivity contribution < 1.29 is 9.90 Å². The van der Waals surface area contributed by atoms with Gasteiger partial charge < -0.3 is 5.11 Å². The Kier molecular flexibility index (Phi) is 2.02. The molecule has 2 nitrogen and oxygen atoms in total. The SMILES string of the molecule is O=C(O)[C@@]1(c2ccccc2)CC1(Cl)Cl. The van der Waals surface area contributed by atoms with E-state index >= 15 is 0 Å². The van der Waals surface area contributed by atoms with Crippen molar-refractivity contribution in [2.24, 2.45) is 0 Å². The van der Waals surface area contributed by atoms with Crippen molar-refractivity contribution >= 4 is 29.2 Å². The van der Waals surface area contributed by atoms with E-state index in [9.17, 15) is 4.79 Å². The Morgan fingerprint density at radius 3 is 2.14 bits per heavy atom. The van der Waals surface area contributed by atoms with Crippen LogP contribution in [0.25, 0.3) is 0 Å². The van der Waals surface area contributed by atoms with Crippen LogP contribution < -0.4 is 0 Å². The smallest absolute Gasteiger partial charge is 0.317 e. The maximum absolute atomic E-state index is 11.1. The van der Waals surface area contributed by atoms with E-state index in [-0.39, 0.29) is 6.42 Å². The molecule has 0 spiro atoms. The molecular weight excluding hydrogens is 223 g/mol. The van der Waals surface area contributed by atoms with Gasteiger partial charge in [-0.05, 0) is 5.56 Å². The van der Waals surface area contributed by atoms with Crippen molar-refractivity contribution in [3.8, 4) is 0 Å². The molecule has 14 heavy (non-hydrogen) atoms. The highest BCUT2D eigenvalue weighted by molar-refractivity contribution is 6.54. The van der Waals surface area contributed by atoms with Crippen molar-refractivity contribution in [2.45, 2.75) is 16.2 Å². The summed E-state index contributed by atoms with van der Waals surface area (Å²) >= 11 is 11.8. The van der Waals surface area contributed by atoms with Crippen LogP contribution in [-0.2, 0) is 10.2 Å². The Bertz CT molecular complexity index is 375. The summed E-state index contributed by atoms with van der Waals surface area (Å²) in [6, 6.07) is 8.86. The Labute approximate surface area is 91.4 Å². The lowest BCUT2D eigenvalue weighted by atomic mass is 9.96. The minimum atomic E-state index is -1.17. The molecular formula is C10H8Cl2O2. The number of hydrogen-bond donors (Lipinski definition) is 1. The Balaban J connectivity index is 2.47. The van der Waals surface area contributed by atoms with Crippen molar-refractivity contribution in [3.63, 3.8) is 0 Å². The first kappa shape index (κ1) is 9.81. The van der Waals surface area contributed by atoms with Gasteiger partial charge in [-0.25, -0.2) is 0 Å². The van der Waals surface area contributed by atoms with E-state index in [0.717, 1.165) is 0 Å². The molecule has 1 fully saturated rings. The van der Waals surface area contributed by atoms with E-state index in [2.05, 4.69) is 0 Å². The predicted octanol–water partition coefficient (Wildman–Crippen LogP) is 2.59. The molecule has 0 aromatic heterocycles. The van der Waals surface area contributed by atoms with Crippen LogP contribution in [0.4, 0.5) is 0 Å².